The molecule has 3 heteroatoms. The minimum Gasteiger partial charge on any atom is -0.312 e. The highest BCUT2D eigenvalue weighted by molar-refractivity contribution is 8.00. The molecule has 1 aromatic carbocycles. The summed E-state index contributed by atoms with van der Waals surface area (Å²) in [5.74, 6) is 1.26. The first-order valence-corrected chi connectivity index (χ1v) is 8.96. The van der Waals surface area contributed by atoms with Crippen LogP contribution in [0, 0.1) is 0 Å². The number of thioether (sulfide) groups is 1. The summed E-state index contributed by atoms with van der Waals surface area (Å²) in [6.07, 6.45) is 2.73. The van der Waals surface area contributed by atoms with Gasteiger partial charge in [0.2, 0.25) is 0 Å². The molecule has 1 aliphatic carbocycles. The van der Waals surface area contributed by atoms with E-state index < -0.39 is 0 Å². The quantitative estimate of drug-likeness (QED) is 0.895. The Kier molecular flexibility index (Phi) is 4.69. The topological polar surface area (TPSA) is 15.3 Å². The van der Waals surface area contributed by atoms with Crippen LogP contribution in [0.5, 0.6) is 0 Å². The molecule has 0 bridgehead atoms. The molecule has 2 aliphatic rings. The SMILES string of the molecule is CC1SCCN(C(CNC2CC2)c2ccccc2)C1C. The fourth-order valence-corrected chi connectivity index (χ4v) is 4.19. The van der Waals surface area contributed by atoms with Gasteiger partial charge in [0.05, 0.1) is 0 Å². The Balaban J connectivity index is 1.76. The van der Waals surface area contributed by atoms with E-state index in [1.807, 2.05) is 0 Å². The normalized spacial score (nSPS) is 29.3. The van der Waals surface area contributed by atoms with Crippen molar-refractivity contribution < 1.29 is 0 Å². The second kappa shape index (κ2) is 6.50. The first-order valence-electron chi connectivity index (χ1n) is 7.91. The van der Waals surface area contributed by atoms with Crippen LogP contribution < -0.4 is 5.32 Å². The fourth-order valence-electron chi connectivity index (χ4n) is 3.06. The zero-order chi connectivity index (χ0) is 13.9. The zero-order valence-electron chi connectivity index (χ0n) is 12.6. The molecule has 1 saturated carbocycles. The van der Waals surface area contributed by atoms with E-state index in [0.29, 0.717) is 12.1 Å². The number of nitrogens with zero attached hydrogens (tertiary/aromatic N) is 1. The van der Waals surface area contributed by atoms with Gasteiger partial charge in [-0.25, -0.2) is 0 Å². The van der Waals surface area contributed by atoms with Crippen LogP contribution in [0.4, 0.5) is 0 Å². The van der Waals surface area contributed by atoms with Gasteiger partial charge in [-0.05, 0) is 25.3 Å². The van der Waals surface area contributed by atoms with E-state index in [1.54, 1.807) is 0 Å². The van der Waals surface area contributed by atoms with E-state index in [-0.39, 0.29) is 0 Å². The van der Waals surface area contributed by atoms with Crippen molar-refractivity contribution in [2.24, 2.45) is 0 Å². The molecular weight excluding hydrogens is 264 g/mol. The number of hydrogen-bond donors (Lipinski definition) is 1. The summed E-state index contributed by atoms with van der Waals surface area (Å²) >= 11 is 2.12. The molecule has 0 spiro atoms. The van der Waals surface area contributed by atoms with Gasteiger partial charge in [0, 0.05) is 42.2 Å². The summed E-state index contributed by atoms with van der Waals surface area (Å²) in [5.41, 5.74) is 1.46. The average Bonchev–Trinajstić information content (AvgIpc) is 3.29. The van der Waals surface area contributed by atoms with Gasteiger partial charge in [-0.1, -0.05) is 37.3 Å². The summed E-state index contributed by atoms with van der Waals surface area (Å²) in [4.78, 5) is 2.71. The predicted octanol–water partition coefficient (Wildman–Crippen LogP) is 3.31. The molecule has 1 aliphatic heterocycles. The molecule has 1 heterocycles. The molecule has 0 aromatic heterocycles. The van der Waals surface area contributed by atoms with Crippen molar-refractivity contribution in [2.75, 3.05) is 18.8 Å². The van der Waals surface area contributed by atoms with Crippen molar-refractivity contribution in [3.63, 3.8) is 0 Å². The molecule has 1 aromatic rings. The van der Waals surface area contributed by atoms with E-state index in [1.165, 1.54) is 30.7 Å². The second-order valence-electron chi connectivity index (χ2n) is 6.16. The number of rotatable bonds is 5. The van der Waals surface area contributed by atoms with Crippen molar-refractivity contribution in [2.45, 2.75) is 50.1 Å². The van der Waals surface area contributed by atoms with Crippen LogP contribution in [0.1, 0.15) is 38.3 Å². The van der Waals surface area contributed by atoms with E-state index in [2.05, 4.69) is 66.2 Å². The van der Waals surface area contributed by atoms with Crippen molar-refractivity contribution in [1.82, 2.24) is 10.2 Å². The van der Waals surface area contributed by atoms with E-state index in [0.717, 1.165) is 17.8 Å². The first-order chi connectivity index (χ1) is 9.75. The minimum absolute atomic E-state index is 0.523. The van der Waals surface area contributed by atoms with Crippen LogP contribution in [0.2, 0.25) is 0 Å². The third-order valence-corrected chi connectivity index (χ3v) is 6.03. The Bertz CT molecular complexity index is 418. The van der Waals surface area contributed by atoms with Crippen LogP contribution in [-0.2, 0) is 0 Å². The number of hydrogen-bond acceptors (Lipinski definition) is 3. The molecule has 20 heavy (non-hydrogen) atoms. The maximum absolute atomic E-state index is 3.74. The largest absolute Gasteiger partial charge is 0.312 e. The van der Waals surface area contributed by atoms with Crippen molar-refractivity contribution in [3.8, 4) is 0 Å². The minimum atomic E-state index is 0.523. The zero-order valence-corrected chi connectivity index (χ0v) is 13.4. The molecule has 1 N–H and O–H groups in total. The Morgan fingerprint density at radius 1 is 1.25 bits per heavy atom. The van der Waals surface area contributed by atoms with Crippen molar-refractivity contribution >= 4 is 11.8 Å². The molecule has 3 rings (SSSR count). The molecule has 1 saturated heterocycles. The van der Waals surface area contributed by atoms with Gasteiger partial charge in [-0.3, -0.25) is 4.90 Å². The van der Waals surface area contributed by atoms with Gasteiger partial charge in [-0.2, -0.15) is 11.8 Å². The Labute approximate surface area is 127 Å². The van der Waals surface area contributed by atoms with E-state index in [9.17, 15) is 0 Å². The second-order valence-corrected chi connectivity index (χ2v) is 7.65. The van der Waals surface area contributed by atoms with Crippen molar-refractivity contribution in [3.05, 3.63) is 35.9 Å². The summed E-state index contributed by atoms with van der Waals surface area (Å²) in [6, 6.07) is 13.0. The highest BCUT2D eigenvalue weighted by atomic mass is 32.2. The summed E-state index contributed by atoms with van der Waals surface area (Å²) < 4.78 is 0. The van der Waals surface area contributed by atoms with Gasteiger partial charge >= 0.3 is 0 Å². The van der Waals surface area contributed by atoms with Crippen molar-refractivity contribution in [1.29, 1.82) is 0 Å². The highest BCUT2D eigenvalue weighted by Gasteiger charge is 2.32. The lowest BCUT2D eigenvalue weighted by atomic mass is 10.0. The number of benzene rings is 1. The summed E-state index contributed by atoms with van der Waals surface area (Å²) in [6.45, 7) is 7.07. The van der Waals surface area contributed by atoms with Crippen LogP contribution in [0.3, 0.4) is 0 Å². The van der Waals surface area contributed by atoms with Crippen LogP contribution in [-0.4, -0.2) is 41.1 Å². The Morgan fingerprint density at radius 3 is 2.70 bits per heavy atom. The molecule has 2 nitrogen and oxygen atoms in total. The van der Waals surface area contributed by atoms with Crippen LogP contribution >= 0.6 is 11.8 Å². The molecule has 3 atom stereocenters. The Hall–Kier alpha value is -0.510. The molecule has 0 amide bonds. The highest BCUT2D eigenvalue weighted by Crippen LogP contribution is 2.32. The molecular formula is C17H26N2S. The third kappa shape index (κ3) is 3.38. The lowest BCUT2D eigenvalue weighted by molar-refractivity contribution is 0.143. The fraction of sp³-hybridized carbons (Fsp3) is 0.647. The number of nitrogens with one attached hydrogen (secondary N) is 1. The van der Waals surface area contributed by atoms with Gasteiger partial charge in [0.15, 0.2) is 0 Å². The maximum Gasteiger partial charge on any atom is 0.0476 e. The monoisotopic (exact) mass is 290 g/mol. The smallest absolute Gasteiger partial charge is 0.0476 e. The predicted molar refractivity (Wildman–Crippen MR) is 88.3 cm³/mol. The lowest BCUT2D eigenvalue weighted by Crippen LogP contribution is -2.49. The van der Waals surface area contributed by atoms with Gasteiger partial charge in [0.25, 0.3) is 0 Å². The lowest BCUT2D eigenvalue weighted by Gasteiger charge is -2.43. The van der Waals surface area contributed by atoms with E-state index >= 15 is 0 Å². The van der Waals surface area contributed by atoms with Gasteiger partial charge in [-0.15, -0.1) is 0 Å². The standard InChI is InChI=1S/C17H26N2S/c1-13-14(2)20-11-10-19(13)17(12-18-16-8-9-16)15-6-4-3-5-7-15/h3-7,13-14,16-18H,8-12H2,1-2H3. The molecule has 2 fully saturated rings. The van der Waals surface area contributed by atoms with Gasteiger partial charge in [0.1, 0.15) is 0 Å². The Morgan fingerprint density at radius 2 is 2.00 bits per heavy atom. The molecule has 0 radical (unpaired) electrons. The van der Waals surface area contributed by atoms with Crippen LogP contribution in [0.15, 0.2) is 30.3 Å². The van der Waals surface area contributed by atoms with Gasteiger partial charge < -0.3 is 5.32 Å². The summed E-state index contributed by atoms with van der Waals surface area (Å²) in [5, 5.41) is 4.47. The molecule has 3 unspecified atom stereocenters. The van der Waals surface area contributed by atoms with E-state index in [4.69, 9.17) is 0 Å². The third-order valence-electron chi connectivity index (χ3n) is 4.69. The maximum atomic E-state index is 3.74. The first kappa shape index (κ1) is 14.4. The average molecular weight is 290 g/mol. The molecule has 110 valence electrons. The summed E-state index contributed by atoms with van der Waals surface area (Å²) in [7, 11) is 0. The van der Waals surface area contributed by atoms with Crippen LogP contribution in [0.25, 0.3) is 0 Å².